The van der Waals surface area contributed by atoms with Gasteiger partial charge in [0.1, 0.15) is 0 Å². The Hall–Kier alpha value is 0.363. The molecule has 1 rings (SSSR count). The van der Waals surface area contributed by atoms with E-state index in [4.69, 9.17) is 0 Å². The molecule has 10 heavy (non-hydrogen) atoms. The molecule has 1 atom stereocenters. The van der Waals surface area contributed by atoms with E-state index in [9.17, 15) is 0 Å². The predicted octanol–water partition coefficient (Wildman–Crippen LogP) is 2.94. The zero-order valence-electron chi connectivity index (χ0n) is 9.08. The summed E-state index contributed by atoms with van der Waals surface area (Å²) in [5, 5.41) is 0. The predicted molar refractivity (Wildman–Crippen MR) is 42.2 cm³/mol. The number of rotatable bonds is 0. The van der Waals surface area contributed by atoms with Crippen molar-refractivity contribution in [2.45, 2.75) is 27.7 Å². The molecule has 0 aromatic carbocycles. The molecule has 1 heteroatoms. The van der Waals surface area contributed by atoms with Gasteiger partial charge >= 0.3 is 26.2 Å². The van der Waals surface area contributed by atoms with Crippen LogP contribution in [0.15, 0.2) is 16.7 Å². The van der Waals surface area contributed by atoms with Crippen molar-refractivity contribution in [1.29, 1.82) is 0 Å². The molecular weight excluding hydrogens is 199 g/mol. The van der Waals surface area contributed by atoms with Crippen LogP contribution >= 0.6 is 0 Å². The molecule has 0 saturated heterocycles. The van der Waals surface area contributed by atoms with Crippen LogP contribution in [0.25, 0.3) is 0 Å². The average molecular weight is 214 g/mol. The summed E-state index contributed by atoms with van der Waals surface area (Å²) >= 11 is 0. The maximum absolute atomic E-state index is 3.36. The summed E-state index contributed by atoms with van der Waals surface area (Å²) in [6, 6.07) is 0. The van der Waals surface area contributed by atoms with E-state index in [-0.39, 0.29) is 29.1 Å². The van der Waals surface area contributed by atoms with Crippen LogP contribution in [-0.4, -0.2) is 0 Å². The fraction of sp³-hybridized carbons (Fsp3) is 0.556. The Bertz CT molecular complexity index is 195. The minimum absolute atomic E-state index is 0. The number of hydrogen-bond donors (Lipinski definition) is 0. The zero-order valence-corrected chi connectivity index (χ0v) is 9.54. The number of hydrogen-bond acceptors (Lipinski definition) is 0. The first-order valence-corrected chi connectivity index (χ1v) is 3.40. The van der Waals surface area contributed by atoms with Gasteiger partial charge in [-0.1, -0.05) is 26.7 Å². The molecule has 0 fully saturated rings. The van der Waals surface area contributed by atoms with Crippen molar-refractivity contribution in [3.8, 4) is 0 Å². The summed E-state index contributed by atoms with van der Waals surface area (Å²) in [5.41, 5.74) is 4.25. The molecule has 0 aromatic rings. The summed E-state index contributed by atoms with van der Waals surface area (Å²) in [5.74, 6) is 0.560. The summed E-state index contributed by atoms with van der Waals surface area (Å²) in [7, 11) is 0. The van der Waals surface area contributed by atoms with Crippen molar-refractivity contribution < 1.29 is 29.1 Å². The Morgan fingerprint density at radius 3 is 1.90 bits per heavy atom. The molecule has 1 radical (unpaired) electrons. The molecule has 0 N–H and O–H groups in total. The summed E-state index contributed by atoms with van der Waals surface area (Å²) in [4.78, 5) is 0. The maximum Gasteiger partial charge on any atom is 3.00 e. The topological polar surface area (TPSA) is 0 Å². The van der Waals surface area contributed by atoms with E-state index in [0.29, 0.717) is 5.92 Å². The summed E-state index contributed by atoms with van der Waals surface area (Å²) in [6.45, 7) is 8.67. The first kappa shape index (κ1) is 10.4. The van der Waals surface area contributed by atoms with Gasteiger partial charge in [0.05, 0.1) is 0 Å². The van der Waals surface area contributed by atoms with Gasteiger partial charge in [-0.3, -0.25) is 6.08 Å². The van der Waals surface area contributed by atoms with Gasteiger partial charge in [0.2, 0.25) is 0 Å². The molecule has 1 aliphatic carbocycles. The second-order valence-corrected chi connectivity index (χ2v) is 2.80. The standard InChI is InChI=1S/C9H13.Zr.2H/c1-6-5-7(2)9(4)8(6)3;;;/h6H,1-4H3;;;/q-1;+3;2*-1. The van der Waals surface area contributed by atoms with Gasteiger partial charge in [-0.05, 0) is 0 Å². The van der Waals surface area contributed by atoms with Crippen LogP contribution in [0.4, 0.5) is 0 Å². The van der Waals surface area contributed by atoms with Crippen molar-refractivity contribution in [2.75, 3.05) is 0 Å². The van der Waals surface area contributed by atoms with Crippen LogP contribution in [0.3, 0.4) is 0 Å². The van der Waals surface area contributed by atoms with Crippen LogP contribution in [0.5, 0.6) is 0 Å². The summed E-state index contributed by atoms with van der Waals surface area (Å²) in [6.07, 6.45) is 3.36. The minimum atomic E-state index is 0. The fourth-order valence-electron chi connectivity index (χ4n) is 1.16. The second kappa shape index (κ2) is 3.67. The Balaban J connectivity index is -0.000000270. The smallest absolute Gasteiger partial charge is 1.00 e. The zero-order chi connectivity index (χ0) is 7.02. The summed E-state index contributed by atoms with van der Waals surface area (Å²) < 4.78 is 0. The second-order valence-electron chi connectivity index (χ2n) is 2.80. The van der Waals surface area contributed by atoms with E-state index in [1.54, 1.807) is 0 Å². The van der Waals surface area contributed by atoms with Gasteiger partial charge < -0.3 is 2.85 Å². The minimum Gasteiger partial charge on any atom is -1.00 e. The van der Waals surface area contributed by atoms with Crippen molar-refractivity contribution in [2.24, 2.45) is 5.92 Å². The molecule has 1 unspecified atom stereocenters. The molecule has 0 saturated carbocycles. The van der Waals surface area contributed by atoms with E-state index in [2.05, 4.69) is 33.8 Å². The Morgan fingerprint density at radius 2 is 1.80 bits per heavy atom. The van der Waals surface area contributed by atoms with Crippen LogP contribution in [0.1, 0.15) is 30.5 Å². The first-order chi connectivity index (χ1) is 4.13. The van der Waals surface area contributed by atoms with Crippen molar-refractivity contribution in [3.05, 3.63) is 22.8 Å². The van der Waals surface area contributed by atoms with Crippen molar-refractivity contribution in [1.82, 2.24) is 0 Å². The molecular formula is C9H15Zr. The van der Waals surface area contributed by atoms with Gasteiger partial charge in [0, 0.05) is 0 Å². The van der Waals surface area contributed by atoms with Crippen LogP contribution in [0, 0.1) is 12.0 Å². The SMILES string of the molecule is CC1=[C-]C(C)C(C)=C1C.[H-].[H-].[Zr+3]. The van der Waals surface area contributed by atoms with Gasteiger partial charge in [0.15, 0.2) is 0 Å². The maximum atomic E-state index is 3.36. The Labute approximate surface area is 85.5 Å². The molecule has 0 bridgehead atoms. The molecule has 0 aromatic heterocycles. The molecule has 0 nitrogen and oxygen atoms in total. The third-order valence-electron chi connectivity index (χ3n) is 2.24. The Morgan fingerprint density at radius 1 is 1.30 bits per heavy atom. The third kappa shape index (κ3) is 1.69. The number of allylic oxidation sites excluding steroid dienone is 4. The van der Waals surface area contributed by atoms with E-state index >= 15 is 0 Å². The van der Waals surface area contributed by atoms with Crippen molar-refractivity contribution in [3.63, 3.8) is 0 Å². The van der Waals surface area contributed by atoms with Gasteiger partial charge in [-0.15, -0.1) is 6.92 Å². The molecule has 0 amide bonds. The molecule has 0 heterocycles. The molecule has 55 valence electrons. The van der Waals surface area contributed by atoms with Gasteiger partial charge in [-0.2, -0.15) is 11.1 Å². The van der Waals surface area contributed by atoms with Gasteiger partial charge in [0.25, 0.3) is 0 Å². The quantitative estimate of drug-likeness (QED) is 0.544. The first-order valence-electron chi connectivity index (χ1n) is 3.40. The normalized spacial score (nSPS) is 24.4. The van der Waals surface area contributed by atoms with Crippen LogP contribution in [0.2, 0.25) is 0 Å². The Kier molecular flexibility index (Phi) is 3.80. The molecule has 0 aliphatic heterocycles. The fourth-order valence-corrected chi connectivity index (χ4v) is 1.16. The van der Waals surface area contributed by atoms with Crippen LogP contribution in [-0.2, 0) is 26.2 Å². The van der Waals surface area contributed by atoms with E-state index < -0.39 is 0 Å². The average Bonchev–Trinajstić information content (AvgIpc) is 1.98. The van der Waals surface area contributed by atoms with E-state index in [1.807, 2.05) is 0 Å². The third-order valence-corrected chi connectivity index (χ3v) is 2.24. The molecule has 1 aliphatic rings. The van der Waals surface area contributed by atoms with E-state index in [1.165, 1.54) is 16.7 Å². The van der Waals surface area contributed by atoms with Gasteiger partial charge in [-0.25, -0.2) is 5.57 Å². The largest absolute Gasteiger partial charge is 3.00 e. The van der Waals surface area contributed by atoms with Crippen LogP contribution < -0.4 is 0 Å². The monoisotopic (exact) mass is 213 g/mol. The van der Waals surface area contributed by atoms with E-state index in [0.717, 1.165) is 0 Å². The van der Waals surface area contributed by atoms with Crippen molar-refractivity contribution >= 4 is 0 Å². The molecule has 0 spiro atoms.